The number of likely N-dealkylation sites (tertiary alicyclic amines) is 2. The Balaban J connectivity index is 1.45. The van der Waals surface area contributed by atoms with Crippen molar-refractivity contribution in [3.05, 3.63) is 5.82 Å². The second kappa shape index (κ2) is 7.04. The highest BCUT2D eigenvalue weighted by Gasteiger charge is 2.30. The number of tetrazole rings is 1. The van der Waals surface area contributed by atoms with E-state index in [2.05, 4.69) is 25.7 Å². The molecule has 2 fully saturated rings. The minimum atomic E-state index is 0.0526. The molecular formula is C14H25N7O. The molecule has 3 rings (SSSR count). The quantitative estimate of drug-likeness (QED) is 0.830. The standard InChI is InChI=1S/C14H25N7O/c1-19-13(16-17-18-19)6-7-15-14(22)21-10-4-5-12(21)11-20-8-2-3-9-20/h12H,2-11H2,1H3,(H,15,22). The van der Waals surface area contributed by atoms with Crippen LogP contribution in [-0.4, -0.2) is 74.8 Å². The van der Waals surface area contributed by atoms with Gasteiger partial charge in [-0.05, 0) is 49.2 Å². The van der Waals surface area contributed by atoms with E-state index < -0.39 is 0 Å². The molecule has 8 heteroatoms. The fourth-order valence-corrected chi connectivity index (χ4v) is 3.40. The second-order valence-corrected chi connectivity index (χ2v) is 6.20. The van der Waals surface area contributed by atoms with Gasteiger partial charge in [-0.2, -0.15) is 0 Å². The molecule has 22 heavy (non-hydrogen) atoms. The molecule has 2 saturated heterocycles. The highest BCUT2D eigenvalue weighted by atomic mass is 16.2. The Kier molecular flexibility index (Phi) is 4.87. The molecule has 2 amide bonds. The van der Waals surface area contributed by atoms with Crippen molar-refractivity contribution < 1.29 is 4.79 Å². The SMILES string of the molecule is Cn1nnnc1CCNC(=O)N1CCCC1CN1CCCC1. The maximum absolute atomic E-state index is 12.4. The number of aromatic nitrogens is 4. The lowest BCUT2D eigenvalue weighted by atomic mass is 10.2. The van der Waals surface area contributed by atoms with Crippen LogP contribution < -0.4 is 5.32 Å². The summed E-state index contributed by atoms with van der Waals surface area (Å²) in [5.74, 6) is 0.787. The van der Waals surface area contributed by atoms with Gasteiger partial charge in [-0.1, -0.05) is 0 Å². The molecule has 0 aromatic carbocycles. The van der Waals surface area contributed by atoms with Crippen molar-refractivity contribution in [1.29, 1.82) is 0 Å². The molecule has 122 valence electrons. The summed E-state index contributed by atoms with van der Waals surface area (Å²) in [6, 6.07) is 0.423. The predicted octanol–water partition coefficient (Wildman–Crippen LogP) is 0.0224. The van der Waals surface area contributed by atoms with Crippen LogP contribution >= 0.6 is 0 Å². The summed E-state index contributed by atoms with van der Waals surface area (Å²) >= 11 is 0. The summed E-state index contributed by atoms with van der Waals surface area (Å²) in [5.41, 5.74) is 0. The summed E-state index contributed by atoms with van der Waals surface area (Å²) in [7, 11) is 1.81. The topological polar surface area (TPSA) is 79.2 Å². The fraction of sp³-hybridized carbons (Fsp3) is 0.857. The van der Waals surface area contributed by atoms with E-state index in [-0.39, 0.29) is 6.03 Å². The lowest BCUT2D eigenvalue weighted by molar-refractivity contribution is 0.175. The molecule has 1 unspecified atom stereocenters. The largest absolute Gasteiger partial charge is 0.338 e. The van der Waals surface area contributed by atoms with Crippen LogP contribution in [0.5, 0.6) is 0 Å². The zero-order chi connectivity index (χ0) is 15.4. The lowest BCUT2D eigenvalue weighted by Gasteiger charge is -2.28. The Hall–Kier alpha value is -1.70. The maximum atomic E-state index is 12.4. The molecule has 0 saturated carbocycles. The van der Waals surface area contributed by atoms with Gasteiger partial charge in [0.25, 0.3) is 0 Å². The normalized spacial score (nSPS) is 22.4. The number of rotatable bonds is 5. The highest BCUT2D eigenvalue weighted by molar-refractivity contribution is 5.74. The van der Waals surface area contributed by atoms with Crippen molar-refractivity contribution in [3.63, 3.8) is 0 Å². The van der Waals surface area contributed by atoms with Crippen LogP contribution in [0.15, 0.2) is 0 Å². The van der Waals surface area contributed by atoms with Crippen molar-refractivity contribution in [2.24, 2.45) is 7.05 Å². The van der Waals surface area contributed by atoms with E-state index in [0.29, 0.717) is 19.0 Å². The number of amides is 2. The average molecular weight is 307 g/mol. The van der Waals surface area contributed by atoms with Crippen molar-refractivity contribution in [3.8, 4) is 0 Å². The Morgan fingerprint density at radius 3 is 2.82 bits per heavy atom. The van der Waals surface area contributed by atoms with E-state index in [1.165, 1.54) is 25.9 Å². The van der Waals surface area contributed by atoms with E-state index in [1.807, 2.05) is 11.9 Å². The van der Waals surface area contributed by atoms with Gasteiger partial charge < -0.3 is 15.1 Å². The third-order valence-corrected chi connectivity index (χ3v) is 4.64. The molecule has 3 heterocycles. The molecule has 2 aliphatic heterocycles. The Labute approximate surface area is 130 Å². The van der Waals surface area contributed by atoms with Gasteiger partial charge >= 0.3 is 6.03 Å². The number of nitrogens with one attached hydrogen (secondary N) is 1. The van der Waals surface area contributed by atoms with Crippen LogP contribution in [0, 0.1) is 0 Å². The lowest BCUT2D eigenvalue weighted by Crippen LogP contribution is -2.47. The number of aryl methyl sites for hydroxylation is 1. The first-order valence-electron chi connectivity index (χ1n) is 8.22. The monoisotopic (exact) mass is 307 g/mol. The van der Waals surface area contributed by atoms with Crippen LogP contribution in [0.4, 0.5) is 4.79 Å². The van der Waals surface area contributed by atoms with Crippen LogP contribution in [0.25, 0.3) is 0 Å². The highest BCUT2D eigenvalue weighted by Crippen LogP contribution is 2.20. The van der Waals surface area contributed by atoms with Crippen LogP contribution in [-0.2, 0) is 13.5 Å². The van der Waals surface area contributed by atoms with Crippen molar-refractivity contribution in [2.45, 2.75) is 38.1 Å². The third-order valence-electron chi connectivity index (χ3n) is 4.64. The van der Waals surface area contributed by atoms with E-state index in [4.69, 9.17) is 0 Å². The van der Waals surface area contributed by atoms with Crippen LogP contribution in [0.1, 0.15) is 31.5 Å². The van der Waals surface area contributed by atoms with Crippen molar-refractivity contribution in [1.82, 2.24) is 35.3 Å². The summed E-state index contributed by atoms with van der Waals surface area (Å²) in [5, 5.41) is 14.3. The predicted molar refractivity (Wildman–Crippen MR) is 81.3 cm³/mol. The van der Waals surface area contributed by atoms with Crippen molar-refractivity contribution in [2.75, 3.05) is 32.7 Å². The van der Waals surface area contributed by atoms with Gasteiger partial charge in [0.15, 0.2) is 5.82 Å². The molecular weight excluding hydrogens is 282 g/mol. The molecule has 0 aliphatic carbocycles. The van der Waals surface area contributed by atoms with Gasteiger partial charge in [-0.15, -0.1) is 5.10 Å². The molecule has 1 aromatic heterocycles. The number of nitrogens with zero attached hydrogens (tertiary/aromatic N) is 6. The van der Waals surface area contributed by atoms with Crippen LogP contribution in [0.2, 0.25) is 0 Å². The minimum absolute atomic E-state index is 0.0526. The van der Waals surface area contributed by atoms with E-state index in [1.54, 1.807) is 4.68 Å². The average Bonchev–Trinajstić information content (AvgIpc) is 3.23. The molecule has 1 aromatic rings. The summed E-state index contributed by atoms with van der Waals surface area (Å²) in [4.78, 5) is 16.9. The molecule has 8 nitrogen and oxygen atoms in total. The minimum Gasteiger partial charge on any atom is -0.338 e. The Bertz CT molecular complexity index is 497. The van der Waals surface area contributed by atoms with E-state index in [0.717, 1.165) is 31.8 Å². The first-order chi connectivity index (χ1) is 10.7. The molecule has 1 N–H and O–H groups in total. The second-order valence-electron chi connectivity index (χ2n) is 6.20. The molecule has 1 atom stereocenters. The van der Waals surface area contributed by atoms with Gasteiger partial charge in [-0.25, -0.2) is 9.48 Å². The van der Waals surface area contributed by atoms with E-state index in [9.17, 15) is 4.79 Å². The Morgan fingerprint density at radius 1 is 1.27 bits per heavy atom. The summed E-state index contributed by atoms with van der Waals surface area (Å²) in [6.45, 7) is 4.84. The van der Waals surface area contributed by atoms with Gasteiger partial charge in [0.1, 0.15) is 0 Å². The van der Waals surface area contributed by atoms with E-state index >= 15 is 0 Å². The first-order valence-corrected chi connectivity index (χ1v) is 8.22. The van der Waals surface area contributed by atoms with Gasteiger partial charge in [0.05, 0.1) is 0 Å². The van der Waals surface area contributed by atoms with Crippen molar-refractivity contribution >= 4 is 6.03 Å². The Morgan fingerprint density at radius 2 is 2.09 bits per heavy atom. The summed E-state index contributed by atoms with van der Waals surface area (Å²) < 4.78 is 1.64. The van der Waals surface area contributed by atoms with Crippen LogP contribution in [0.3, 0.4) is 0 Å². The number of carbonyl (C=O) groups excluding carboxylic acids is 1. The van der Waals surface area contributed by atoms with Gasteiger partial charge in [-0.3, -0.25) is 0 Å². The maximum Gasteiger partial charge on any atom is 0.317 e. The molecule has 0 spiro atoms. The number of urea groups is 1. The molecule has 0 bridgehead atoms. The molecule has 2 aliphatic rings. The summed E-state index contributed by atoms with van der Waals surface area (Å²) in [6.07, 6.45) is 5.48. The smallest absolute Gasteiger partial charge is 0.317 e. The van der Waals surface area contributed by atoms with Gasteiger partial charge in [0, 0.05) is 39.1 Å². The third kappa shape index (κ3) is 3.55. The zero-order valence-electron chi connectivity index (χ0n) is 13.2. The molecule has 0 radical (unpaired) electrons. The fourth-order valence-electron chi connectivity index (χ4n) is 3.40. The first kappa shape index (κ1) is 15.2. The van der Waals surface area contributed by atoms with Gasteiger partial charge in [0.2, 0.25) is 0 Å². The number of carbonyl (C=O) groups is 1. The zero-order valence-corrected chi connectivity index (χ0v) is 13.2. The number of hydrogen-bond acceptors (Lipinski definition) is 5. The number of hydrogen-bond donors (Lipinski definition) is 1.